The number of benzene rings is 3. The molecule has 0 aliphatic heterocycles. The van der Waals surface area contributed by atoms with Crippen molar-refractivity contribution < 1.29 is 19.1 Å². The minimum absolute atomic E-state index is 0.173. The maximum atomic E-state index is 12.4. The molecule has 0 bridgehead atoms. The van der Waals surface area contributed by atoms with Gasteiger partial charge in [-0.25, -0.2) is 4.79 Å². The maximum Gasteiger partial charge on any atom is 0.338 e. The molecule has 0 aliphatic carbocycles. The monoisotopic (exact) mass is 448 g/mol. The zero-order chi connectivity index (χ0) is 22.9. The Morgan fingerprint density at radius 3 is 2.22 bits per heavy atom. The number of aryl methyl sites for hydroxylation is 1. The number of anilines is 2. The van der Waals surface area contributed by atoms with Crippen molar-refractivity contribution in [3.05, 3.63) is 89.5 Å². The molecule has 0 aromatic heterocycles. The first-order valence-electron chi connectivity index (χ1n) is 10.1. The van der Waals surface area contributed by atoms with Crippen LogP contribution in [0.5, 0.6) is 0 Å². The Labute approximate surface area is 191 Å². The lowest BCUT2D eigenvalue weighted by Gasteiger charge is -2.09. The van der Waals surface area contributed by atoms with Crippen LogP contribution in [0.1, 0.15) is 33.2 Å². The zero-order valence-corrected chi connectivity index (χ0v) is 18.7. The molecule has 32 heavy (non-hydrogen) atoms. The molecule has 164 valence electrons. The Bertz CT molecular complexity index is 1100. The van der Waals surface area contributed by atoms with Gasteiger partial charge in [-0.1, -0.05) is 23.8 Å². The maximum absolute atomic E-state index is 12.4. The number of hydrogen-bond donors (Lipinski definition) is 2. The fraction of sp³-hybridized carbons (Fsp3) is 0.160. The van der Waals surface area contributed by atoms with Crippen LogP contribution < -0.4 is 10.6 Å². The van der Waals surface area contributed by atoms with Crippen molar-refractivity contribution in [1.29, 1.82) is 0 Å². The molecular formula is C25H24N2O4S. The molecule has 0 radical (unpaired) electrons. The summed E-state index contributed by atoms with van der Waals surface area (Å²) in [5.41, 5.74) is 3.37. The Hall–Kier alpha value is -3.58. The second-order valence-corrected chi connectivity index (χ2v) is 8.03. The highest BCUT2D eigenvalue weighted by atomic mass is 32.2. The average molecular weight is 449 g/mol. The van der Waals surface area contributed by atoms with E-state index in [0.717, 1.165) is 10.5 Å². The van der Waals surface area contributed by atoms with Crippen molar-refractivity contribution in [1.82, 2.24) is 0 Å². The van der Waals surface area contributed by atoms with E-state index in [9.17, 15) is 14.4 Å². The molecule has 3 rings (SSSR count). The molecular weight excluding hydrogens is 424 g/mol. The summed E-state index contributed by atoms with van der Waals surface area (Å²) in [5.74, 6) is -0.547. The number of hydrogen-bond acceptors (Lipinski definition) is 5. The molecule has 0 heterocycles. The number of rotatable bonds is 8. The van der Waals surface area contributed by atoms with E-state index in [1.807, 2.05) is 37.3 Å². The van der Waals surface area contributed by atoms with Gasteiger partial charge in [0.1, 0.15) is 0 Å². The van der Waals surface area contributed by atoms with Gasteiger partial charge in [0.2, 0.25) is 5.91 Å². The fourth-order valence-corrected chi connectivity index (χ4v) is 3.58. The number of amides is 2. The highest BCUT2D eigenvalue weighted by molar-refractivity contribution is 8.00. The number of ether oxygens (including phenoxy) is 1. The quantitative estimate of drug-likeness (QED) is 0.368. The molecule has 0 aliphatic rings. The Balaban J connectivity index is 1.52. The van der Waals surface area contributed by atoms with Gasteiger partial charge in [-0.15, -0.1) is 11.8 Å². The van der Waals surface area contributed by atoms with Crippen LogP contribution in [0.4, 0.5) is 11.4 Å². The van der Waals surface area contributed by atoms with Gasteiger partial charge in [0.25, 0.3) is 5.91 Å². The third-order valence-electron chi connectivity index (χ3n) is 4.46. The van der Waals surface area contributed by atoms with E-state index in [2.05, 4.69) is 10.6 Å². The van der Waals surface area contributed by atoms with E-state index in [1.165, 1.54) is 11.8 Å². The summed E-state index contributed by atoms with van der Waals surface area (Å²) in [7, 11) is 0. The van der Waals surface area contributed by atoms with E-state index in [0.29, 0.717) is 29.1 Å². The van der Waals surface area contributed by atoms with Crippen molar-refractivity contribution >= 4 is 40.9 Å². The van der Waals surface area contributed by atoms with Crippen molar-refractivity contribution in [3.8, 4) is 0 Å². The largest absolute Gasteiger partial charge is 0.462 e. The number of carbonyl (C=O) groups excluding carboxylic acids is 3. The van der Waals surface area contributed by atoms with Gasteiger partial charge >= 0.3 is 5.97 Å². The molecule has 0 saturated heterocycles. The smallest absolute Gasteiger partial charge is 0.338 e. The fourth-order valence-electron chi connectivity index (χ4n) is 2.82. The summed E-state index contributed by atoms with van der Waals surface area (Å²) in [6, 6.07) is 21.3. The first-order chi connectivity index (χ1) is 15.4. The van der Waals surface area contributed by atoms with E-state index in [-0.39, 0.29) is 17.6 Å². The average Bonchev–Trinajstić information content (AvgIpc) is 2.79. The van der Waals surface area contributed by atoms with Crippen LogP contribution in [-0.4, -0.2) is 30.1 Å². The van der Waals surface area contributed by atoms with E-state index in [4.69, 9.17) is 4.74 Å². The molecule has 6 nitrogen and oxygen atoms in total. The molecule has 3 aromatic rings. The third-order valence-corrected chi connectivity index (χ3v) is 5.45. The summed E-state index contributed by atoms with van der Waals surface area (Å²) in [4.78, 5) is 37.2. The molecule has 0 atom stereocenters. The first kappa shape index (κ1) is 23.1. The summed E-state index contributed by atoms with van der Waals surface area (Å²) in [6.07, 6.45) is 0. The zero-order valence-electron chi connectivity index (χ0n) is 17.9. The molecule has 0 spiro atoms. The SMILES string of the molecule is CCOC(=O)c1ccc(NC(=O)CSc2cccc(NC(=O)c3ccc(C)cc3)c2)cc1. The predicted molar refractivity (Wildman–Crippen MR) is 127 cm³/mol. The topological polar surface area (TPSA) is 84.5 Å². The van der Waals surface area contributed by atoms with Crippen LogP contribution in [0.25, 0.3) is 0 Å². The molecule has 7 heteroatoms. The summed E-state index contributed by atoms with van der Waals surface area (Å²) < 4.78 is 4.94. The van der Waals surface area contributed by atoms with Crippen LogP contribution in [-0.2, 0) is 9.53 Å². The highest BCUT2D eigenvalue weighted by Crippen LogP contribution is 2.22. The van der Waals surface area contributed by atoms with Gasteiger partial charge in [-0.3, -0.25) is 9.59 Å². The normalized spacial score (nSPS) is 10.3. The van der Waals surface area contributed by atoms with Gasteiger partial charge in [0.05, 0.1) is 17.9 Å². The minimum atomic E-state index is -0.393. The number of nitrogens with one attached hydrogen (secondary N) is 2. The standard InChI is InChI=1S/C25H24N2O4S/c1-3-31-25(30)19-11-13-20(14-12-19)26-23(28)16-32-22-6-4-5-21(15-22)27-24(29)18-9-7-17(2)8-10-18/h4-15H,3,16H2,1-2H3,(H,26,28)(H,27,29). The van der Waals surface area contributed by atoms with Crippen molar-refractivity contribution in [3.63, 3.8) is 0 Å². The molecule has 0 unspecified atom stereocenters. The molecule has 3 aromatic carbocycles. The van der Waals surface area contributed by atoms with E-state index in [1.54, 1.807) is 49.4 Å². The predicted octanol–water partition coefficient (Wildman–Crippen LogP) is 5.15. The lowest BCUT2D eigenvalue weighted by Crippen LogP contribution is -2.14. The minimum Gasteiger partial charge on any atom is -0.462 e. The van der Waals surface area contributed by atoms with Crippen molar-refractivity contribution in [2.45, 2.75) is 18.7 Å². The second-order valence-electron chi connectivity index (χ2n) is 6.98. The lowest BCUT2D eigenvalue weighted by molar-refractivity contribution is -0.113. The van der Waals surface area contributed by atoms with Crippen LogP contribution in [0.3, 0.4) is 0 Å². The van der Waals surface area contributed by atoms with Crippen molar-refractivity contribution in [2.75, 3.05) is 23.0 Å². The number of esters is 1. The van der Waals surface area contributed by atoms with Crippen LogP contribution >= 0.6 is 11.8 Å². The van der Waals surface area contributed by atoms with Crippen LogP contribution in [0.2, 0.25) is 0 Å². The summed E-state index contributed by atoms with van der Waals surface area (Å²) in [5, 5.41) is 5.68. The van der Waals surface area contributed by atoms with Gasteiger partial charge in [-0.05, 0) is 68.4 Å². The lowest BCUT2D eigenvalue weighted by atomic mass is 10.1. The van der Waals surface area contributed by atoms with Crippen LogP contribution in [0.15, 0.2) is 77.7 Å². The van der Waals surface area contributed by atoms with Crippen molar-refractivity contribution in [2.24, 2.45) is 0 Å². The third kappa shape index (κ3) is 6.72. The number of carbonyl (C=O) groups is 3. The van der Waals surface area contributed by atoms with Gasteiger partial charge in [0.15, 0.2) is 0 Å². The van der Waals surface area contributed by atoms with Crippen LogP contribution in [0, 0.1) is 6.92 Å². The molecule has 0 fully saturated rings. The van der Waals surface area contributed by atoms with Gasteiger partial charge < -0.3 is 15.4 Å². The van der Waals surface area contributed by atoms with E-state index >= 15 is 0 Å². The highest BCUT2D eigenvalue weighted by Gasteiger charge is 2.09. The van der Waals surface area contributed by atoms with Gasteiger partial charge in [-0.2, -0.15) is 0 Å². The van der Waals surface area contributed by atoms with Gasteiger partial charge in [0, 0.05) is 21.8 Å². The first-order valence-corrected chi connectivity index (χ1v) is 11.1. The second kappa shape index (κ2) is 11.2. The Morgan fingerprint density at radius 2 is 1.53 bits per heavy atom. The molecule has 0 saturated carbocycles. The molecule has 2 amide bonds. The summed E-state index contributed by atoms with van der Waals surface area (Å²) in [6.45, 7) is 4.03. The van der Waals surface area contributed by atoms with E-state index < -0.39 is 5.97 Å². The summed E-state index contributed by atoms with van der Waals surface area (Å²) >= 11 is 1.36. The Morgan fingerprint density at radius 1 is 0.844 bits per heavy atom. The number of thioether (sulfide) groups is 1. The molecule has 2 N–H and O–H groups in total. The Kier molecular flexibility index (Phi) is 8.05.